The third-order valence-electron chi connectivity index (χ3n) is 6.60. The van der Waals surface area contributed by atoms with Crippen LogP contribution in [-0.4, -0.2) is 64.0 Å². The first-order valence-electron chi connectivity index (χ1n) is 12.3. The van der Waals surface area contributed by atoms with Crippen molar-refractivity contribution in [2.45, 2.75) is 43.7 Å². The van der Waals surface area contributed by atoms with Crippen LogP contribution in [0.15, 0.2) is 36.4 Å². The number of hydrogen-bond donors (Lipinski definition) is 8. The predicted molar refractivity (Wildman–Crippen MR) is 127 cm³/mol. The van der Waals surface area contributed by atoms with Crippen LogP contribution in [0.4, 0.5) is 22.7 Å². The lowest BCUT2D eigenvalue weighted by Gasteiger charge is -2.46. The van der Waals surface area contributed by atoms with E-state index in [0.29, 0.717) is 19.3 Å². The molecule has 4 rings (SSSR count). The molecular formula is C23H28N4O14. The molecule has 1 spiro atoms. The number of rotatable bonds is 8. The second kappa shape index (κ2) is 12.8. The number of ether oxygens (including phenoxy) is 4. The van der Waals surface area contributed by atoms with Gasteiger partial charge in [-0.3, -0.25) is 0 Å². The summed E-state index contributed by atoms with van der Waals surface area (Å²) in [5, 5.41) is 77.1. The van der Waals surface area contributed by atoms with E-state index in [4.69, 9.17) is 18.9 Å². The zero-order valence-corrected chi connectivity index (χ0v) is 21.2. The van der Waals surface area contributed by atoms with E-state index in [0.717, 1.165) is 36.4 Å². The molecular weight excluding hydrogens is 556 g/mol. The number of carbonyl (C=O) groups excluding carboxylic acids is 2. The van der Waals surface area contributed by atoms with Gasteiger partial charge in [0.05, 0.1) is 36.5 Å². The van der Waals surface area contributed by atoms with Crippen molar-refractivity contribution in [3.05, 3.63) is 68.4 Å². The molecule has 0 radical (unpaired) electrons. The van der Waals surface area contributed by atoms with Gasteiger partial charge in [-0.2, -0.15) is 20.9 Å². The second-order valence-corrected chi connectivity index (χ2v) is 9.40. The van der Waals surface area contributed by atoms with E-state index in [1.165, 1.54) is 0 Å². The summed E-state index contributed by atoms with van der Waals surface area (Å²) in [6.45, 7) is 0.0813. The Bertz CT molecular complexity index is 1200. The number of carbonyl (C=O) groups is 2. The Labute approximate surface area is 230 Å². The maximum Gasteiger partial charge on any atom is 0.339 e. The normalized spacial score (nSPS) is 25.7. The van der Waals surface area contributed by atoms with Crippen molar-refractivity contribution < 1.29 is 70.3 Å². The van der Waals surface area contributed by atoms with E-state index in [1.807, 2.05) is 0 Å². The highest BCUT2D eigenvalue weighted by molar-refractivity contribution is 5.92. The SMILES string of the molecule is O=C(O[C@@H]1CO[C@@]2(CCCCO2)[C@H](OC(=O)c2cc([NH+]([O-])O)cc([NH+]([O-])O)c2)C1)c1cc([NH+]([O-])O)cc([NH+]([O-])O)c1. The Morgan fingerprint density at radius 3 is 1.61 bits per heavy atom. The Balaban J connectivity index is 1.56. The molecule has 2 fully saturated rings. The summed E-state index contributed by atoms with van der Waals surface area (Å²) < 4.78 is 22.8. The second-order valence-electron chi connectivity index (χ2n) is 9.40. The molecule has 18 heteroatoms. The summed E-state index contributed by atoms with van der Waals surface area (Å²) in [5.41, 5.74) is -2.46. The van der Waals surface area contributed by atoms with Crippen LogP contribution in [0.3, 0.4) is 0 Å². The first-order valence-corrected chi connectivity index (χ1v) is 12.3. The predicted octanol–water partition coefficient (Wildman–Crippen LogP) is -2.63. The number of hydrogen-bond acceptors (Lipinski definition) is 14. The Hall–Kier alpha value is -3.18. The molecule has 7 atom stereocenters. The van der Waals surface area contributed by atoms with Crippen molar-refractivity contribution in [2.75, 3.05) is 13.2 Å². The summed E-state index contributed by atoms with van der Waals surface area (Å²) in [5.74, 6) is -3.52. The van der Waals surface area contributed by atoms with Crippen LogP contribution in [-0.2, 0) is 18.9 Å². The zero-order valence-electron chi connectivity index (χ0n) is 21.2. The molecule has 2 heterocycles. The van der Waals surface area contributed by atoms with Crippen LogP contribution < -0.4 is 20.9 Å². The highest BCUT2D eigenvalue weighted by Crippen LogP contribution is 2.38. The van der Waals surface area contributed by atoms with E-state index in [9.17, 15) is 51.2 Å². The fourth-order valence-corrected chi connectivity index (χ4v) is 4.59. The van der Waals surface area contributed by atoms with Gasteiger partial charge >= 0.3 is 11.9 Å². The lowest BCUT2D eigenvalue weighted by Crippen LogP contribution is -3.00. The third kappa shape index (κ3) is 7.19. The summed E-state index contributed by atoms with van der Waals surface area (Å²) >= 11 is 0. The highest BCUT2D eigenvalue weighted by atomic mass is 16.8. The molecule has 224 valence electrons. The molecule has 4 unspecified atom stereocenters. The van der Waals surface area contributed by atoms with Crippen LogP contribution >= 0.6 is 0 Å². The lowest BCUT2D eigenvalue weighted by molar-refractivity contribution is -0.996. The third-order valence-corrected chi connectivity index (χ3v) is 6.60. The average molecular weight is 584 g/mol. The van der Waals surface area contributed by atoms with Gasteiger partial charge in [0.1, 0.15) is 6.10 Å². The zero-order chi connectivity index (χ0) is 29.9. The molecule has 0 amide bonds. The fraction of sp³-hybridized carbons (Fsp3) is 0.391. The minimum Gasteiger partial charge on any atom is -0.595 e. The van der Waals surface area contributed by atoms with Crippen molar-refractivity contribution in [1.82, 2.24) is 0 Å². The summed E-state index contributed by atoms with van der Waals surface area (Å²) in [6, 6.07) is 5.62. The Kier molecular flexibility index (Phi) is 9.59. The Morgan fingerprint density at radius 1 is 0.732 bits per heavy atom. The molecule has 0 aromatic heterocycles. The van der Waals surface area contributed by atoms with Gasteiger partial charge in [-0.05, 0) is 12.8 Å². The van der Waals surface area contributed by atoms with Crippen molar-refractivity contribution in [1.29, 1.82) is 0 Å². The van der Waals surface area contributed by atoms with Crippen molar-refractivity contribution in [3.63, 3.8) is 0 Å². The Morgan fingerprint density at radius 2 is 1.20 bits per heavy atom. The van der Waals surface area contributed by atoms with E-state index in [2.05, 4.69) is 0 Å². The summed E-state index contributed by atoms with van der Waals surface area (Å²) in [4.78, 5) is 26.0. The van der Waals surface area contributed by atoms with E-state index >= 15 is 0 Å². The summed E-state index contributed by atoms with van der Waals surface area (Å²) in [7, 11) is 0. The number of nitrogens with one attached hydrogen (secondary N) is 4. The average Bonchev–Trinajstić information content (AvgIpc) is 2.94. The number of esters is 2. The lowest BCUT2D eigenvalue weighted by atomic mass is 9.93. The van der Waals surface area contributed by atoms with Gasteiger partial charge in [0.25, 0.3) is 0 Å². The molecule has 2 aliphatic heterocycles. The van der Waals surface area contributed by atoms with Crippen LogP contribution in [0.25, 0.3) is 0 Å². The van der Waals surface area contributed by atoms with Gasteiger partial charge in [-0.15, -0.1) is 0 Å². The molecule has 18 nitrogen and oxygen atoms in total. The van der Waals surface area contributed by atoms with Crippen molar-refractivity contribution in [3.8, 4) is 0 Å². The van der Waals surface area contributed by atoms with E-state index in [1.54, 1.807) is 0 Å². The minimum atomic E-state index is -1.46. The fourth-order valence-electron chi connectivity index (χ4n) is 4.59. The number of benzene rings is 2. The standard InChI is InChI=1S/C23H28N4O14/c28-21(13-5-15(24(30)31)9-16(6-13)25(32)33)40-19-11-20(23(39-12-19)3-1-2-4-38-23)41-22(29)14-7-17(26(34)35)10-18(8-14)27(36)37/h5-10,19-20,24-27,30,32,34,36H,1-4,11-12H2/t19-,20+,23-/m0/s1. The smallest absolute Gasteiger partial charge is 0.339 e. The van der Waals surface area contributed by atoms with Crippen LogP contribution in [0.5, 0.6) is 0 Å². The van der Waals surface area contributed by atoms with Gasteiger partial charge in [0.2, 0.25) is 5.79 Å². The van der Waals surface area contributed by atoms with Crippen molar-refractivity contribution in [2.24, 2.45) is 0 Å². The molecule has 2 saturated heterocycles. The molecule has 2 aromatic carbocycles. The molecule has 0 bridgehead atoms. The molecule has 0 aliphatic carbocycles. The molecule has 41 heavy (non-hydrogen) atoms. The van der Waals surface area contributed by atoms with Crippen LogP contribution in [0, 0.1) is 20.8 Å². The topological polar surface area (TPSA) is 262 Å². The first kappa shape index (κ1) is 30.8. The first-order chi connectivity index (χ1) is 19.4. The van der Waals surface area contributed by atoms with Gasteiger partial charge < -0.3 is 39.8 Å². The molecule has 0 saturated carbocycles. The van der Waals surface area contributed by atoms with Crippen LogP contribution in [0.2, 0.25) is 0 Å². The van der Waals surface area contributed by atoms with E-state index < -0.39 is 73.6 Å². The van der Waals surface area contributed by atoms with E-state index in [-0.39, 0.29) is 30.8 Å². The number of quaternary nitrogens is 4. The largest absolute Gasteiger partial charge is 0.595 e. The van der Waals surface area contributed by atoms with Gasteiger partial charge in [0.15, 0.2) is 28.9 Å². The maximum absolute atomic E-state index is 13.1. The van der Waals surface area contributed by atoms with Gasteiger partial charge in [0, 0.05) is 37.1 Å². The quantitative estimate of drug-likeness (QED) is 0.117. The maximum atomic E-state index is 13.1. The molecule has 2 aromatic rings. The van der Waals surface area contributed by atoms with Crippen molar-refractivity contribution >= 4 is 34.7 Å². The van der Waals surface area contributed by atoms with Gasteiger partial charge in [-0.25, -0.2) is 30.4 Å². The molecule has 8 N–H and O–H groups in total. The summed E-state index contributed by atoms with van der Waals surface area (Å²) in [6.07, 6.45) is -0.702. The van der Waals surface area contributed by atoms with Crippen LogP contribution in [0.1, 0.15) is 46.4 Å². The van der Waals surface area contributed by atoms with Gasteiger partial charge in [-0.1, -0.05) is 0 Å². The highest BCUT2D eigenvalue weighted by Gasteiger charge is 2.50. The minimum absolute atomic E-state index is 0.147. The monoisotopic (exact) mass is 584 g/mol. The molecule has 2 aliphatic rings.